The van der Waals surface area contributed by atoms with Crippen LogP contribution >= 0.6 is 0 Å². The van der Waals surface area contributed by atoms with Crippen molar-refractivity contribution in [2.24, 2.45) is 0 Å². The number of esters is 3. The third kappa shape index (κ3) is 6.66. The highest BCUT2D eigenvalue weighted by Crippen LogP contribution is 2.38. The second-order valence-corrected chi connectivity index (χ2v) is 8.85. The van der Waals surface area contributed by atoms with Crippen molar-refractivity contribution in [3.05, 3.63) is 40.7 Å². The zero-order valence-electron chi connectivity index (χ0n) is 20.8. The van der Waals surface area contributed by atoms with Crippen LogP contribution in [0.15, 0.2) is 18.2 Å². The molecule has 0 saturated carbocycles. The van der Waals surface area contributed by atoms with Gasteiger partial charge >= 0.3 is 30.6 Å². The van der Waals surface area contributed by atoms with E-state index in [1.54, 1.807) is 40.7 Å². The van der Waals surface area contributed by atoms with E-state index in [1.807, 2.05) is 0 Å². The van der Waals surface area contributed by atoms with E-state index < -0.39 is 36.2 Å². The number of aromatic amines is 1. The molecule has 0 amide bonds. The second kappa shape index (κ2) is 10.6. The van der Waals surface area contributed by atoms with Gasteiger partial charge in [-0.2, -0.15) is 13.2 Å². The molecule has 37 heavy (non-hydrogen) atoms. The van der Waals surface area contributed by atoms with E-state index in [0.717, 1.165) is 0 Å². The molecule has 2 heterocycles. The molecule has 0 aliphatic carbocycles. The fourth-order valence-corrected chi connectivity index (χ4v) is 3.47. The van der Waals surface area contributed by atoms with Gasteiger partial charge in [0.2, 0.25) is 0 Å². The Labute approximate surface area is 210 Å². The molecule has 2 aromatic rings. The normalized spacial score (nSPS) is 14.8. The maximum atomic E-state index is 12.8. The lowest BCUT2D eigenvalue weighted by Gasteiger charge is -2.19. The van der Waals surface area contributed by atoms with E-state index in [1.165, 1.54) is 12.1 Å². The smallest absolute Gasteiger partial charge is 0.462 e. The Morgan fingerprint density at radius 3 is 2.32 bits per heavy atom. The highest BCUT2D eigenvalue weighted by atomic mass is 19.4. The van der Waals surface area contributed by atoms with E-state index in [9.17, 15) is 27.6 Å². The van der Waals surface area contributed by atoms with Crippen molar-refractivity contribution in [1.82, 2.24) is 4.98 Å². The predicted molar refractivity (Wildman–Crippen MR) is 122 cm³/mol. The third-order valence-electron chi connectivity index (χ3n) is 4.91. The minimum Gasteiger partial charge on any atom is -0.462 e. The lowest BCUT2D eigenvalue weighted by atomic mass is 10.1. The molecule has 1 atom stereocenters. The van der Waals surface area contributed by atoms with Gasteiger partial charge in [-0.1, -0.05) is 6.92 Å². The fraction of sp³-hybridized carbons (Fsp3) is 0.458. The van der Waals surface area contributed by atoms with Gasteiger partial charge in [-0.3, -0.25) is 0 Å². The van der Waals surface area contributed by atoms with Crippen molar-refractivity contribution in [3.8, 4) is 11.5 Å². The number of nitrogens with one attached hydrogen (secondary N) is 2. The molecule has 1 aliphatic rings. The summed E-state index contributed by atoms with van der Waals surface area (Å²) >= 11 is 0. The molecule has 13 heteroatoms. The number of anilines is 1. The van der Waals surface area contributed by atoms with Crippen LogP contribution in [0.1, 0.15) is 66.7 Å². The number of alkyl halides is 3. The largest absolute Gasteiger partial charge is 0.491 e. The highest BCUT2D eigenvalue weighted by Gasteiger charge is 2.44. The topological polar surface area (TPSA) is 125 Å². The van der Waals surface area contributed by atoms with Crippen LogP contribution in [0.5, 0.6) is 11.5 Å². The molecule has 0 saturated heterocycles. The number of halogens is 3. The van der Waals surface area contributed by atoms with Crippen LogP contribution in [-0.2, 0) is 32.0 Å². The Hall–Kier alpha value is -3.90. The van der Waals surface area contributed by atoms with Crippen molar-refractivity contribution in [1.29, 1.82) is 0 Å². The summed E-state index contributed by atoms with van der Waals surface area (Å²) in [4.78, 5) is 39.5. The Morgan fingerprint density at radius 1 is 1.05 bits per heavy atom. The molecule has 1 aromatic carbocycles. The molecule has 1 aromatic heterocycles. The molecular formula is C24H27F3N2O8. The van der Waals surface area contributed by atoms with Gasteiger partial charge in [-0.15, -0.1) is 0 Å². The van der Waals surface area contributed by atoms with E-state index >= 15 is 0 Å². The summed E-state index contributed by atoms with van der Waals surface area (Å²) in [5.74, 6) is -3.58. The number of hydrogen-bond acceptors (Lipinski definition) is 9. The molecule has 0 bridgehead atoms. The number of rotatable bonds is 8. The SMILES string of the molecule is CCOC(=O)c1c(CNc2ccc3c(c2)OC(OC(=O)C(F)(F)F)O3)[nH]c(C(=O)OC(C)(C)C)c1CC. The number of fused-ring (bicyclic) bond motifs is 1. The molecule has 2 N–H and O–H groups in total. The van der Waals surface area contributed by atoms with Crippen LogP contribution in [0, 0.1) is 0 Å². The van der Waals surface area contributed by atoms with Gasteiger partial charge in [0.25, 0.3) is 0 Å². The van der Waals surface area contributed by atoms with Gasteiger partial charge in [-0.05, 0) is 51.8 Å². The fourth-order valence-electron chi connectivity index (χ4n) is 3.47. The van der Waals surface area contributed by atoms with Gasteiger partial charge in [0, 0.05) is 17.4 Å². The molecular weight excluding hydrogens is 501 g/mol. The molecule has 0 fully saturated rings. The number of benzene rings is 1. The summed E-state index contributed by atoms with van der Waals surface area (Å²) in [6.45, 7) is 6.90. The lowest BCUT2D eigenvalue weighted by Crippen LogP contribution is -2.33. The van der Waals surface area contributed by atoms with E-state index in [4.69, 9.17) is 18.9 Å². The number of H-pyrrole nitrogens is 1. The van der Waals surface area contributed by atoms with Crippen molar-refractivity contribution in [2.75, 3.05) is 11.9 Å². The Balaban J connectivity index is 1.80. The van der Waals surface area contributed by atoms with Crippen LogP contribution in [0.4, 0.5) is 18.9 Å². The number of aromatic nitrogens is 1. The Kier molecular flexibility index (Phi) is 7.94. The minimum atomic E-state index is -5.20. The number of carbonyl (C=O) groups is 3. The number of ether oxygens (including phenoxy) is 5. The average Bonchev–Trinajstić information content (AvgIpc) is 3.36. The highest BCUT2D eigenvalue weighted by molar-refractivity contribution is 5.99. The Morgan fingerprint density at radius 2 is 1.73 bits per heavy atom. The number of hydrogen-bond donors (Lipinski definition) is 2. The monoisotopic (exact) mass is 528 g/mol. The molecule has 10 nitrogen and oxygen atoms in total. The zero-order valence-corrected chi connectivity index (χ0v) is 20.8. The van der Waals surface area contributed by atoms with Gasteiger partial charge in [0.15, 0.2) is 11.5 Å². The molecule has 0 spiro atoms. The van der Waals surface area contributed by atoms with Gasteiger partial charge in [-0.25, -0.2) is 14.4 Å². The Bertz CT molecular complexity index is 1180. The first-order chi connectivity index (χ1) is 17.2. The minimum absolute atomic E-state index is 0.0331. The van der Waals surface area contributed by atoms with E-state index in [-0.39, 0.29) is 35.9 Å². The first kappa shape index (κ1) is 27.7. The first-order valence-corrected chi connectivity index (χ1v) is 11.4. The molecule has 0 radical (unpaired) electrons. The van der Waals surface area contributed by atoms with E-state index in [2.05, 4.69) is 15.0 Å². The summed E-state index contributed by atoms with van der Waals surface area (Å²) < 4.78 is 62.3. The molecule has 1 aliphatic heterocycles. The zero-order chi connectivity index (χ0) is 27.5. The molecule has 3 rings (SSSR count). The standard InChI is InChI=1S/C24H27F3N2O8/c1-6-13-17(19(30)33-7-2)14(29-18(13)20(31)37-23(3,4)5)11-28-12-8-9-15-16(10-12)35-22(34-15)36-21(32)24(25,26)27/h8-10,22,28-29H,6-7,11H2,1-5H3. The van der Waals surface area contributed by atoms with Crippen LogP contribution in [0.25, 0.3) is 0 Å². The second-order valence-electron chi connectivity index (χ2n) is 8.85. The summed E-state index contributed by atoms with van der Waals surface area (Å²) in [5.41, 5.74) is 0.839. The van der Waals surface area contributed by atoms with Crippen LogP contribution in [0.3, 0.4) is 0 Å². The van der Waals surface area contributed by atoms with Gasteiger partial charge < -0.3 is 34.0 Å². The maximum Gasteiger partial charge on any atom is 0.491 e. The van der Waals surface area contributed by atoms with Crippen LogP contribution in [-0.4, -0.2) is 47.8 Å². The van der Waals surface area contributed by atoms with Crippen molar-refractivity contribution >= 4 is 23.6 Å². The van der Waals surface area contributed by atoms with Crippen molar-refractivity contribution in [2.45, 2.75) is 65.8 Å². The number of carbonyl (C=O) groups excluding carboxylic acids is 3. The average molecular weight is 528 g/mol. The van der Waals surface area contributed by atoms with Crippen molar-refractivity contribution in [3.63, 3.8) is 0 Å². The maximum absolute atomic E-state index is 12.8. The van der Waals surface area contributed by atoms with Gasteiger partial charge in [0.1, 0.15) is 11.3 Å². The van der Waals surface area contributed by atoms with Crippen LogP contribution < -0.4 is 14.8 Å². The van der Waals surface area contributed by atoms with Crippen LogP contribution in [0.2, 0.25) is 0 Å². The summed E-state index contributed by atoms with van der Waals surface area (Å²) in [5, 5.41) is 3.05. The first-order valence-electron chi connectivity index (χ1n) is 11.4. The van der Waals surface area contributed by atoms with Crippen molar-refractivity contribution < 1.29 is 51.2 Å². The summed E-state index contributed by atoms with van der Waals surface area (Å²) in [7, 11) is 0. The quantitative estimate of drug-likeness (QED) is 0.377. The molecule has 202 valence electrons. The lowest BCUT2D eigenvalue weighted by molar-refractivity contribution is -0.237. The van der Waals surface area contributed by atoms with E-state index in [0.29, 0.717) is 23.4 Å². The predicted octanol–water partition coefficient (Wildman–Crippen LogP) is 4.48. The van der Waals surface area contributed by atoms with Gasteiger partial charge in [0.05, 0.1) is 18.7 Å². The third-order valence-corrected chi connectivity index (χ3v) is 4.91. The summed E-state index contributed by atoms with van der Waals surface area (Å²) in [6, 6.07) is 4.36. The molecule has 1 unspecified atom stereocenters. The summed E-state index contributed by atoms with van der Waals surface area (Å²) in [6.07, 6.45) is -4.85.